The van der Waals surface area contributed by atoms with E-state index in [0.717, 1.165) is 32.8 Å². The van der Waals surface area contributed by atoms with Crippen molar-refractivity contribution in [3.8, 4) is 0 Å². The van der Waals surface area contributed by atoms with Gasteiger partial charge in [0.15, 0.2) is 0 Å². The standard InChI is InChI=1S/C12H25N3O/c13-11-3-1-4-12(11)14-5-2-6-15-7-9-16-10-8-15/h11-12,14H,1-10,13H2/t11-,12+/m1/s1. The molecule has 0 aromatic carbocycles. The van der Waals surface area contributed by atoms with Crippen molar-refractivity contribution in [1.29, 1.82) is 0 Å². The molecule has 1 saturated heterocycles. The van der Waals surface area contributed by atoms with Crippen LogP contribution in [0.25, 0.3) is 0 Å². The summed E-state index contributed by atoms with van der Waals surface area (Å²) < 4.78 is 5.33. The number of hydrogen-bond donors (Lipinski definition) is 2. The van der Waals surface area contributed by atoms with E-state index >= 15 is 0 Å². The molecule has 94 valence electrons. The van der Waals surface area contributed by atoms with E-state index in [4.69, 9.17) is 10.5 Å². The molecule has 0 amide bonds. The lowest BCUT2D eigenvalue weighted by atomic mass is 10.2. The van der Waals surface area contributed by atoms with Gasteiger partial charge in [0, 0.05) is 25.2 Å². The fourth-order valence-corrected chi connectivity index (χ4v) is 2.66. The Kier molecular flexibility index (Phi) is 5.03. The quantitative estimate of drug-likeness (QED) is 0.658. The maximum atomic E-state index is 6.01. The fraction of sp³-hybridized carbons (Fsp3) is 1.00. The van der Waals surface area contributed by atoms with Crippen LogP contribution >= 0.6 is 0 Å². The van der Waals surface area contributed by atoms with Crippen LogP contribution in [0.4, 0.5) is 0 Å². The number of nitrogens with zero attached hydrogens (tertiary/aromatic N) is 1. The van der Waals surface area contributed by atoms with Crippen LogP contribution in [0, 0.1) is 0 Å². The molecule has 1 aliphatic heterocycles. The van der Waals surface area contributed by atoms with Gasteiger partial charge in [-0.3, -0.25) is 4.90 Å². The largest absolute Gasteiger partial charge is 0.379 e. The normalized spacial score (nSPS) is 32.1. The number of morpholine rings is 1. The monoisotopic (exact) mass is 227 g/mol. The van der Waals surface area contributed by atoms with Gasteiger partial charge in [-0.15, -0.1) is 0 Å². The lowest BCUT2D eigenvalue weighted by molar-refractivity contribution is 0.0374. The number of rotatable bonds is 5. The Labute approximate surface area is 98.5 Å². The summed E-state index contributed by atoms with van der Waals surface area (Å²) in [7, 11) is 0. The molecular formula is C12H25N3O. The molecule has 0 aromatic heterocycles. The van der Waals surface area contributed by atoms with Gasteiger partial charge in [-0.2, -0.15) is 0 Å². The molecule has 1 saturated carbocycles. The Morgan fingerprint density at radius 2 is 2.06 bits per heavy atom. The van der Waals surface area contributed by atoms with E-state index in [2.05, 4.69) is 10.2 Å². The summed E-state index contributed by atoms with van der Waals surface area (Å²) in [6, 6.07) is 0.966. The van der Waals surface area contributed by atoms with E-state index in [-0.39, 0.29) is 0 Å². The maximum absolute atomic E-state index is 6.01. The third-order valence-corrected chi connectivity index (χ3v) is 3.73. The van der Waals surface area contributed by atoms with Gasteiger partial charge in [0.2, 0.25) is 0 Å². The summed E-state index contributed by atoms with van der Waals surface area (Å²) >= 11 is 0. The van der Waals surface area contributed by atoms with Gasteiger partial charge in [-0.1, -0.05) is 6.42 Å². The van der Waals surface area contributed by atoms with Crippen molar-refractivity contribution in [1.82, 2.24) is 10.2 Å². The highest BCUT2D eigenvalue weighted by Crippen LogP contribution is 2.16. The smallest absolute Gasteiger partial charge is 0.0594 e. The molecule has 0 aromatic rings. The second kappa shape index (κ2) is 6.55. The van der Waals surface area contributed by atoms with Crippen molar-refractivity contribution in [2.24, 2.45) is 5.73 Å². The maximum Gasteiger partial charge on any atom is 0.0594 e. The highest BCUT2D eigenvalue weighted by Gasteiger charge is 2.22. The van der Waals surface area contributed by atoms with Crippen molar-refractivity contribution < 1.29 is 4.74 Å². The molecule has 16 heavy (non-hydrogen) atoms. The Hall–Kier alpha value is -0.160. The first-order valence-electron chi connectivity index (χ1n) is 6.65. The summed E-state index contributed by atoms with van der Waals surface area (Å²) in [6.07, 6.45) is 4.98. The van der Waals surface area contributed by atoms with E-state index in [1.807, 2.05) is 0 Å². The van der Waals surface area contributed by atoms with Crippen LogP contribution in [0.5, 0.6) is 0 Å². The molecule has 3 N–H and O–H groups in total. The fourth-order valence-electron chi connectivity index (χ4n) is 2.66. The first-order chi connectivity index (χ1) is 7.86. The minimum Gasteiger partial charge on any atom is -0.379 e. The predicted octanol–water partition coefficient (Wildman–Crippen LogP) is 0.178. The number of nitrogens with two attached hydrogens (primary N) is 1. The molecule has 2 rings (SSSR count). The van der Waals surface area contributed by atoms with Crippen LogP contribution < -0.4 is 11.1 Å². The molecule has 4 nitrogen and oxygen atoms in total. The van der Waals surface area contributed by atoms with Gasteiger partial charge < -0.3 is 15.8 Å². The van der Waals surface area contributed by atoms with Crippen molar-refractivity contribution in [3.05, 3.63) is 0 Å². The summed E-state index contributed by atoms with van der Waals surface area (Å²) in [6.45, 7) is 6.31. The molecule has 0 spiro atoms. The first kappa shape index (κ1) is 12.3. The summed E-state index contributed by atoms with van der Waals surface area (Å²) in [4.78, 5) is 2.49. The third kappa shape index (κ3) is 3.70. The lowest BCUT2D eigenvalue weighted by Crippen LogP contribution is -2.42. The van der Waals surface area contributed by atoms with E-state index in [0.29, 0.717) is 12.1 Å². The van der Waals surface area contributed by atoms with Gasteiger partial charge in [0.1, 0.15) is 0 Å². The third-order valence-electron chi connectivity index (χ3n) is 3.73. The Morgan fingerprint density at radius 3 is 2.75 bits per heavy atom. The van der Waals surface area contributed by atoms with Crippen LogP contribution in [0.1, 0.15) is 25.7 Å². The molecule has 2 aliphatic rings. The molecule has 4 heteroatoms. The first-order valence-corrected chi connectivity index (χ1v) is 6.65. The van der Waals surface area contributed by atoms with E-state index in [9.17, 15) is 0 Å². The van der Waals surface area contributed by atoms with Crippen molar-refractivity contribution >= 4 is 0 Å². The zero-order valence-electron chi connectivity index (χ0n) is 10.2. The molecule has 0 radical (unpaired) electrons. The molecule has 2 fully saturated rings. The summed E-state index contributed by atoms with van der Waals surface area (Å²) in [5, 5.41) is 3.59. The molecule has 1 heterocycles. The SMILES string of the molecule is N[C@@H]1CCC[C@@H]1NCCCN1CCOCC1. The van der Waals surface area contributed by atoms with E-state index in [1.54, 1.807) is 0 Å². The minimum absolute atomic E-state index is 0.392. The zero-order chi connectivity index (χ0) is 11.2. The van der Waals surface area contributed by atoms with Crippen LogP contribution in [-0.2, 0) is 4.74 Å². The van der Waals surface area contributed by atoms with Crippen molar-refractivity contribution in [3.63, 3.8) is 0 Å². The summed E-state index contributed by atoms with van der Waals surface area (Å²) in [5.41, 5.74) is 6.01. The van der Waals surface area contributed by atoms with Gasteiger partial charge in [-0.05, 0) is 32.4 Å². The number of hydrogen-bond acceptors (Lipinski definition) is 4. The average Bonchev–Trinajstić information content (AvgIpc) is 2.72. The molecule has 1 aliphatic carbocycles. The lowest BCUT2D eigenvalue weighted by Gasteiger charge is -2.27. The molecular weight excluding hydrogens is 202 g/mol. The Bertz CT molecular complexity index is 195. The highest BCUT2D eigenvalue weighted by molar-refractivity contribution is 4.85. The second-order valence-electron chi connectivity index (χ2n) is 4.96. The predicted molar refractivity (Wildman–Crippen MR) is 65.5 cm³/mol. The Morgan fingerprint density at radius 1 is 1.25 bits per heavy atom. The number of nitrogens with one attached hydrogen (secondary N) is 1. The molecule has 2 atom stereocenters. The van der Waals surface area contributed by atoms with Crippen molar-refractivity contribution in [2.75, 3.05) is 39.4 Å². The van der Waals surface area contributed by atoms with Crippen molar-refractivity contribution in [2.45, 2.75) is 37.8 Å². The number of ether oxygens (including phenoxy) is 1. The Balaban J connectivity index is 1.51. The van der Waals surface area contributed by atoms with Crippen LogP contribution in [0.3, 0.4) is 0 Å². The zero-order valence-corrected chi connectivity index (χ0v) is 10.2. The minimum atomic E-state index is 0.392. The van der Waals surface area contributed by atoms with E-state index < -0.39 is 0 Å². The van der Waals surface area contributed by atoms with Gasteiger partial charge in [0.25, 0.3) is 0 Å². The van der Waals surface area contributed by atoms with Crippen LogP contribution in [0.2, 0.25) is 0 Å². The van der Waals surface area contributed by atoms with Crippen LogP contribution in [0.15, 0.2) is 0 Å². The van der Waals surface area contributed by atoms with Gasteiger partial charge in [0.05, 0.1) is 13.2 Å². The van der Waals surface area contributed by atoms with Gasteiger partial charge >= 0.3 is 0 Å². The second-order valence-corrected chi connectivity index (χ2v) is 4.96. The molecule has 0 bridgehead atoms. The van der Waals surface area contributed by atoms with Gasteiger partial charge in [-0.25, -0.2) is 0 Å². The van der Waals surface area contributed by atoms with E-state index in [1.165, 1.54) is 32.2 Å². The highest BCUT2D eigenvalue weighted by atomic mass is 16.5. The van der Waals surface area contributed by atoms with Crippen LogP contribution in [-0.4, -0.2) is 56.4 Å². The molecule has 0 unspecified atom stereocenters. The topological polar surface area (TPSA) is 50.5 Å². The summed E-state index contributed by atoms with van der Waals surface area (Å²) in [5.74, 6) is 0. The average molecular weight is 227 g/mol.